The molecule has 0 unspecified atom stereocenters. The second-order valence-electron chi connectivity index (χ2n) is 4.43. The van der Waals surface area contributed by atoms with E-state index in [1.165, 1.54) is 14.1 Å². The highest BCUT2D eigenvalue weighted by Gasteiger charge is 2.41. The molecule has 0 spiro atoms. The smallest absolute Gasteiger partial charge is 0.317 e. The Morgan fingerprint density at radius 2 is 1.72 bits per heavy atom. The number of rotatable bonds is 4. The molecule has 0 amide bonds. The molecule has 108 valence electrons. The van der Waals surface area contributed by atoms with Gasteiger partial charge in [-0.3, -0.25) is 0 Å². The average molecular weight is 289 g/mol. The zero-order valence-electron chi connectivity index (χ0n) is 10.4. The van der Waals surface area contributed by atoms with Gasteiger partial charge in [0.05, 0.1) is 0 Å². The van der Waals surface area contributed by atoms with Crippen molar-refractivity contribution in [2.24, 2.45) is 0 Å². The van der Waals surface area contributed by atoms with Gasteiger partial charge in [-0.05, 0) is 25.9 Å². The number of nitrogens with one attached hydrogen (secondary N) is 1. The molecule has 0 bridgehead atoms. The van der Waals surface area contributed by atoms with Crippen molar-refractivity contribution in [1.82, 2.24) is 13.9 Å². The van der Waals surface area contributed by atoms with Crippen LogP contribution < -0.4 is 5.32 Å². The van der Waals surface area contributed by atoms with Gasteiger partial charge in [0.1, 0.15) is 6.54 Å². The van der Waals surface area contributed by atoms with Crippen LogP contribution in [0, 0.1) is 0 Å². The lowest BCUT2D eigenvalue weighted by molar-refractivity contribution is -0.140. The van der Waals surface area contributed by atoms with Gasteiger partial charge in [0.15, 0.2) is 0 Å². The number of nitrogens with zero attached hydrogens (tertiary/aromatic N) is 2. The minimum atomic E-state index is -4.53. The Labute approximate surface area is 105 Å². The molecular weight excluding hydrogens is 271 g/mol. The summed E-state index contributed by atoms with van der Waals surface area (Å²) >= 11 is 0. The first-order valence-electron chi connectivity index (χ1n) is 5.61. The third-order valence-electron chi connectivity index (χ3n) is 2.81. The van der Waals surface area contributed by atoms with Crippen LogP contribution in [0.3, 0.4) is 0 Å². The van der Waals surface area contributed by atoms with Crippen LogP contribution in [-0.2, 0) is 10.2 Å². The normalized spacial score (nSPS) is 19.7. The van der Waals surface area contributed by atoms with Crippen molar-refractivity contribution in [3.63, 3.8) is 0 Å². The van der Waals surface area contributed by atoms with Crippen LogP contribution in [0.15, 0.2) is 0 Å². The van der Waals surface area contributed by atoms with E-state index < -0.39 is 29.0 Å². The molecule has 1 rings (SSSR count). The quantitative estimate of drug-likeness (QED) is 0.815. The standard InChI is InChI=1S/C9H18F3N3O2S/c1-14(2)18(16,17)15(7-9(10,11)12)8-3-5-13-6-4-8/h8,13H,3-7H2,1-2H3. The third-order valence-corrected chi connectivity index (χ3v) is 4.75. The summed E-state index contributed by atoms with van der Waals surface area (Å²) in [7, 11) is -1.58. The first-order valence-corrected chi connectivity index (χ1v) is 7.01. The van der Waals surface area contributed by atoms with Crippen molar-refractivity contribution in [2.75, 3.05) is 33.7 Å². The molecule has 0 atom stereocenters. The summed E-state index contributed by atoms with van der Waals surface area (Å²) in [6, 6.07) is -0.597. The molecule has 1 aliphatic rings. The Hall–Kier alpha value is -0.380. The highest BCUT2D eigenvalue weighted by molar-refractivity contribution is 7.86. The van der Waals surface area contributed by atoms with Crippen molar-refractivity contribution in [3.05, 3.63) is 0 Å². The van der Waals surface area contributed by atoms with Crippen LogP contribution in [0.5, 0.6) is 0 Å². The van der Waals surface area contributed by atoms with Gasteiger partial charge in [-0.25, -0.2) is 0 Å². The minimum Gasteiger partial charge on any atom is -0.317 e. The van der Waals surface area contributed by atoms with Crippen LogP contribution in [0.4, 0.5) is 13.2 Å². The lowest BCUT2D eigenvalue weighted by Crippen LogP contribution is -2.52. The fourth-order valence-electron chi connectivity index (χ4n) is 1.88. The van der Waals surface area contributed by atoms with Crippen LogP contribution in [0.2, 0.25) is 0 Å². The minimum absolute atomic E-state index is 0.392. The molecule has 5 nitrogen and oxygen atoms in total. The first-order chi connectivity index (χ1) is 8.14. The Balaban J connectivity index is 2.94. The van der Waals surface area contributed by atoms with Gasteiger partial charge in [0.2, 0.25) is 0 Å². The zero-order chi connectivity index (χ0) is 14.0. The second-order valence-corrected chi connectivity index (χ2v) is 6.53. The summed E-state index contributed by atoms with van der Waals surface area (Å²) in [5, 5.41) is 3.00. The SMILES string of the molecule is CN(C)S(=O)(=O)N(CC(F)(F)F)C1CCNCC1. The summed E-state index contributed by atoms with van der Waals surface area (Å²) in [6.45, 7) is -0.373. The fraction of sp³-hybridized carbons (Fsp3) is 1.00. The molecule has 0 saturated carbocycles. The number of alkyl halides is 3. The summed E-state index contributed by atoms with van der Waals surface area (Å²) in [6.07, 6.45) is -3.75. The lowest BCUT2D eigenvalue weighted by atomic mass is 10.1. The summed E-state index contributed by atoms with van der Waals surface area (Å²) in [4.78, 5) is 0. The van der Waals surface area contributed by atoms with Crippen LogP contribution in [0.25, 0.3) is 0 Å². The van der Waals surface area contributed by atoms with Crippen molar-refractivity contribution >= 4 is 10.2 Å². The highest BCUT2D eigenvalue weighted by Crippen LogP contribution is 2.24. The molecule has 1 heterocycles. The van der Waals surface area contributed by atoms with E-state index in [1.807, 2.05) is 0 Å². The number of hydrogen-bond acceptors (Lipinski definition) is 3. The Morgan fingerprint density at radius 1 is 1.22 bits per heavy atom. The number of piperidine rings is 1. The summed E-state index contributed by atoms with van der Waals surface area (Å²) in [5.74, 6) is 0. The van der Waals surface area contributed by atoms with E-state index in [9.17, 15) is 21.6 Å². The van der Waals surface area contributed by atoms with E-state index in [1.54, 1.807) is 0 Å². The maximum absolute atomic E-state index is 12.5. The van der Waals surface area contributed by atoms with Gasteiger partial charge < -0.3 is 5.32 Å². The third kappa shape index (κ3) is 4.08. The zero-order valence-corrected chi connectivity index (χ0v) is 11.2. The van der Waals surface area contributed by atoms with Gasteiger partial charge in [-0.2, -0.15) is 30.2 Å². The molecule has 1 N–H and O–H groups in total. The van der Waals surface area contributed by atoms with Crippen molar-refractivity contribution in [1.29, 1.82) is 0 Å². The molecule has 1 saturated heterocycles. The molecule has 9 heteroatoms. The molecule has 0 aromatic carbocycles. The maximum atomic E-state index is 12.5. The van der Waals surface area contributed by atoms with Crippen LogP contribution in [0.1, 0.15) is 12.8 Å². The maximum Gasteiger partial charge on any atom is 0.402 e. The highest BCUT2D eigenvalue weighted by atomic mass is 32.2. The molecule has 1 aliphatic heterocycles. The van der Waals surface area contributed by atoms with E-state index in [2.05, 4.69) is 5.32 Å². The Morgan fingerprint density at radius 3 is 2.11 bits per heavy atom. The largest absolute Gasteiger partial charge is 0.402 e. The monoisotopic (exact) mass is 289 g/mol. The number of hydrogen-bond donors (Lipinski definition) is 1. The van der Waals surface area contributed by atoms with Crippen LogP contribution in [-0.4, -0.2) is 63.0 Å². The Bertz CT molecular complexity index is 364. The van der Waals surface area contributed by atoms with E-state index in [0.29, 0.717) is 30.2 Å². The van der Waals surface area contributed by atoms with Gasteiger partial charge >= 0.3 is 6.18 Å². The fourth-order valence-corrected chi connectivity index (χ4v) is 3.20. The van der Waals surface area contributed by atoms with Crippen molar-refractivity contribution < 1.29 is 21.6 Å². The molecule has 1 fully saturated rings. The molecule has 0 aliphatic carbocycles. The van der Waals surface area contributed by atoms with Gasteiger partial charge in [0.25, 0.3) is 10.2 Å². The summed E-state index contributed by atoms with van der Waals surface area (Å²) < 4.78 is 62.8. The van der Waals surface area contributed by atoms with Gasteiger partial charge in [-0.1, -0.05) is 0 Å². The molecule has 0 radical (unpaired) electrons. The predicted octanol–water partition coefficient (Wildman–Crippen LogP) is 0.409. The van der Waals surface area contributed by atoms with E-state index in [4.69, 9.17) is 0 Å². The summed E-state index contributed by atoms with van der Waals surface area (Å²) in [5.41, 5.74) is 0. The van der Waals surface area contributed by atoms with Crippen molar-refractivity contribution in [3.8, 4) is 0 Å². The van der Waals surface area contributed by atoms with E-state index in [0.717, 1.165) is 4.31 Å². The Kier molecular flexibility index (Phi) is 4.98. The molecular formula is C9H18F3N3O2S. The first kappa shape index (κ1) is 15.7. The molecule has 0 aromatic rings. The second kappa shape index (κ2) is 5.72. The predicted molar refractivity (Wildman–Crippen MR) is 61.3 cm³/mol. The van der Waals surface area contributed by atoms with Gasteiger partial charge in [0, 0.05) is 20.1 Å². The van der Waals surface area contributed by atoms with E-state index in [-0.39, 0.29) is 0 Å². The molecule has 0 aromatic heterocycles. The van der Waals surface area contributed by atoms with E-state index >= 15 is 0 Å². The van der Waals surface area contributed by atoms with Crippen molar-refractivity contribution in [2.45, 2.75) is 25.1 Å². The topological polar surface area (TPSA) is 52.7 Å². The molecule has 18 heavy (non-hydrogen) atoms. The van der Waals surface area contributed by atoms with Crippen LogP contribution >= 0.6 is 0 Å². The average Bonchev–Trinajstić information content (AvgIpc) is 2.25. The number of halogens is 3. The lowest BCUT2D eigenvalue weighted by Gasteiger charge is -2.35. The van der Waals surface area contributed by atoms with Gasteiger partial charge in [-0.15, -0.1) is 0 Å².